The number of fused-ring (bicyclic) bond motifs is 5. The zero-order chi connectivity index (χ0) is 24.8. The van der Waals surface area contributed by atoms with Gasteiger partial charge in [0.2, 0.25) is 5.70 Å². The van der Waals surface area contributed by atoms with Crippen molar-refractivity contribution in [1.29, 1.82) is 0 Å². The number of nitrogens with zero attached hydrogens (tertiary/aromatic N) is 1. The Hall–Kier alpha value is -1.39. The molecule has 0 aromatic rings. The largest absolute Gasteiger partial charge is 0.462 e. The molecule has 0 radical (unpaired) electrons. The van der Waals surface area contributed by atoms with Crippen molar-refractivity contribution in [2.24, 2.45) is 46.3 Å². The lowest BCUT2D eigenvalue weighted by atomic mass is 9.46. The zero-order valence-corrected chi connectivity index (χ0v) is 22.4. The minimum atomic E-state index is -0.279. The smallest absolute Gasteiger partial charge is 0.302 e. The highest BCUT2D eigenvalue weighted by molar-refractivity contribution is 5.66. The molecule has 4 aliphatic carbocycles. The van der Waals surface area contributed by atoms with Gasteiger partial charge in [-0.15, -0.1) is 0 Å². The SMILES string of the molecule is CC(=O)OC1CC[C@@]2(C)C(=C([N+](=O)[O-])CC3C2CC[C@@]2(C)C3CC[C@@H]2[C@H](C)CCCC(C)C)C1. The summed E-state index contributed by atoms with van der Waals surface area (Å²) in [5.41, 5.74) is 1.66. The van der Waals surface area contributed by atoms with Crippen molar-refractivity contribution >= 4 is 5.97 Å². The maximum absolute atomic E-state index is 12.3. The predicted octanol–water partition coefficient (Wildman–Crippen LogP) is 7.56. The van der Waals surface area contributed by atoms with E-state index in [9.17, 15) is 14.9 Å². The van der Waals surface area contributed by atoms with Crippen LogP contribution in [0.5, 0.6) is 0 Å². The normalized spacial score (nSPS) is 40.4. The van der Waals surface area contributed by atoms with Crippen molar-refractivity contribution in [2.45, 2.75) is 118 Å². The number of allylic oxidation sites excluding steroid dienone is 1. The summed E-state index contributed by atoms with van der Waals surface area (Å²) in [6, 6.07) is 0. The summed E-state index contributed by atoms with van der Waals surface area (Å²) in [6.45, 7) is 13.4. The molecule has 3 saturated carbocycles. The summed E-state index contributed by atoms with van der Waals surface area (Å²) < 4.78 is 5.53. The first-order valence-electron chi connectivity index (χ1n) is 14.0. The third kappa shape index (κ3) is 4.46. The number of esters is 1. The lowest BCUT2D eigenvalue weighted by Gasteiger charge is -2.58. The monoisotopic (exact) mass is 473 g/mol. The number of nitro groups is 1. The summed E-state index contributed by atoms with van der Waals surface area (Å²) in [5, 5.41) is 12.3. The topological polar surface area (TPSA) is 69.4 Å². The lowest BCUT2D eigenvalue weighted by Crippen LogP contribution is -2.52. The number of hydrogen-bond donors (Lipinski definition) is 0. The van der Waals surface area contributed by atoms with Gasteiger partial charge in [0.1, 0.15) is 6.10 Å². The molecule has 0 N–H and O–H groups in total. The number of carbonyl (C=O) groups is 1. The van der Waals surface area contributed by atoms with Crippen LogP contribution >= 0.6 is 0 Å². The van der Waals surface area contributed by atoms with Crippen molar-refractivity contribution < 1.29 is 14.5 Å². The minimum absolute atomic E-state index is 0.0904. The third-order valence-corrected chi connectivity index (χ3v) is 10.9. The highest BCUT2D eigenvalue weighted by atomic mass is 16.6. The molecular formula is C29H47NO4. The first-order chi connectivity index (χ1) is 16.0. The van der Waals surface area contributed by atoms with Crippen LogP contribution in [0.25, 0.3) is 0 Å². The van der Waals surface area contributed by atoms with E-state index in [2.05, 4.69) is 34.6 Å². The molecule has 8 atom stereocenters. The summed E-state index contributed by atoms with van der Waals surface area (Å²) in [7, 11) is 0. The molecule has 4 rings (SSSR count). The average molecular weight is 474 g/mol. The fourth-order valence-electron chi connectivity index (χ4n) is 9.29. The Morgan fingerprint density at radius 1 is 1.06 bits per heavy atom. The second-order valence-electron chi connectivity index (χ2n) is 13.2. The van der Waals surface area contributed by atoms with Gasteiger partial charge < -0.3 is 4.74 Å². The van der Waals surface area contributed by atoms with E-state index in [0.717, 1.165) is 36.2 Å². The van der Waals surface area contributed by atoms with E-state index >= 15 is 0 Å². The van der Waals surface area contributed by atoms with Crippen LogP contribution < -0.4 is 0 Å². The van der Waals surface area contributed by atoms with Crippen LogP contribution in [0.3, 0.4) is 0 Å². The van der Waals surface area contributed by atoms with Gasteiger partial charge in [-0.1, -0.05) is 53.9 Å². The van der Waals surface area contributed by atoms with Gasteiger partial charge in [-0.2, -0.15) is 0 Å². The van der Waals surface area contributed by atoms with E-state index in [-0.39, 0.29) is 22.4 Å². The van der Waals surface area contributed by atoms with Gasteiger partial charge in [0, 0.05) is 25.3 Å². The molecule has 0 saturated heterocycles. The van der Waals surface area contributed by atoms with Gasteiger partial charge in [0.05, 0.1) is 4.92 Å². The first-order valence-corrected chi connectivity index (χ1v) is 14.0. The number of ether oxygens (including phenoxy) is 1. The van der Waals surface area contributed by atoms with Gasteiger partial charge in [-0.05, 0) is 84.9 Å². The quantitative estimate of drug-likeness (QED) is 0.217. The van der Waals surface area contributed by atoms with Gasteiger partial charge >= 0.3 is 5.97 Å². The predicted molar refractivity (Wildman–Crippen MR) is 135 cm³/mol. The molecule has 192 valence electrons. The average Bonchev–Trinajstić information content (AvgIpc) is 3.10. The molecule has 34 heavy (non-hydrogen) atoms. The molecule has 0 aromatic heterocycles. The fraction of sp³-hybridized carbons (Fsp3) is 0.897. The lowest BCUT2D eigenvalue weighted by molar-refractivity contribution is -0.434. The van der Waals surface area contributed by atoms with E-state index in [1.807, 2.05) is 0 Å². The molecule has 0 aliphatic heterocycles. The van der Waals surface area contributed by atoms with Gasteiger partial charge in [0.15, 0.2) is 0 Å². The van der Waals surface area contributed by atoms with Crippen LogP contribution in [0.4, 0.5) is 0 Å². The molecule has 0 heterocycles. The van der Waals surface area contributed by atoms with Gasteiger partial charge in [0.25, 0.3) is 0 Å². The number of hydrogen-bond acceptors (Lipinski definition) is 4. The summed E-state index contributed by atoms with van der Waals surface area (Å²) in [6.07, 6.45) is 11.6. The maximum Gasteiger partial charge on any atom is 0.302 e. The van der Waals surface area contributed by atoms with Crippen LogP contribution in [0, 0.1) is 56.5 Å². The van der Waals surface area contributed by atoms with Gasteiger partial charge in [-0.3, -0.25) is 14.9 Å². The first kappa shape index (κ1) is 25.7. The maximum atomic E-state index is 12.3. The highest BCUT2D eigenvalue weighted by Gasteiger charge is 2.61. The molecular weight excluding hydrogens is 426 g/mol. The number of carbonyl (C=O) groups excluding carboxylic acids is 1. The highest BCUT2D eigenvalue weighted by Crippen LogP contribution is 2.68. The molecule has 5 heteroatoms. The summed E-state index contributed by atoms with van der Waals surface area (Å²) in [4.78, 5) is 23.8. The standard InChI is InChI=1S/C29H47NO4/c1-18(2)8-7-9-19(3)23-10-11-24-22-17-27(30(32)33)26-16-21(34-20(4)31)12-14-29(26,6)25(22)13-15-28(23,24)5/h18-19,21-25H,7-17H2,1-6H3/t19-,21?,22?,23-,24?,25?,28-,29-/m1/s1. The van der Waals surface area contributed by atoms with Crippen molar-refractivity contribution in [1.82, 2.24) is 0 Å². The van der Waals surface area contributed by atoms with Crippen LogP contribution in [-0.4, -0.2) is 17.0 Å². The second-order valence-corrected chi connectivity index (χ2v) is 13.2. The van der Waals surface area contributed by atoms with Crippen molar-refractivity contribution in [2.75, 3.05) is 0 Å². The molecule has 3 fully saturated rings. The third-order valence-electron chi connectivity index (χ3n) is 10.9. The van der Waals surface area contributed by atoms with E-state index < -0.39 is 0 Å². The van der Waals surface area contributed by atoms with Crippen molar-refractivity contribution in [3.05, 3.63) is 21.4 Å². The molecule has 0 bridgehead atoms. The molecule has 0 aromatic carbocycles. The van der Waals surface area contributed by atoms with Crippen LogP contribution in [0.1, 0.15) is 112 Å². The van der Waals surface area contributed by atoms with Gasteiger partial charge in [-0.25, -0.2) is 0 Å². The molecule has 4 unspecified atom stereocenters. The Morgan fingerprint density at radius 3 is 2.44 bits per heavy atom. The van der Waals surface area contributed by atoms with Crippen LogP contribution in [-0.2, 0) is 9.53 Å². The molecule has 0 amide bonds. The molecule has 4 aliphatic rings. The minimum Gasteiger partial charge on any atom is -0.462 e. The summed E-state index contributed by atoms with van der Waals surface area (Å²) >= 11 is 0. The second kappa shape index (κ2) is 9.58. The van der Waals surface area contributed by atoms with E-state index in [1.165, 1.54) is 51.9 Å². The van der Waals surface area contributed by atoms with Crippen molar-refractivity contribution in [3.63, 3.8) is 0 Å². The van der Waals surface area contributed by atoms with Crippen molar-refractivity contribution in [3.8, 4) is 0 Å². The van der Waals surface area contributed by atoms with Crippen LogP contribution in [0.15, 0.2) is 11.3 Å². The Labute approximate surface area is 206 Å². The summed E-state index contributed by atoms with van der Waals surface area (Å²) in [5.74, 6) is 3.53. The van der Waals surface area contributed by atoms with E-state index in [1.54, 1.807) is 0 Å². The van der Waals surface area contributed by atoms with E-state index in [4.69, 9.17) is 4.74 Å². The Morgan fingerprint density at radius 2 is 1.79 bits per heavy atom. The molecule has 5 nitrogen and oxygen atoms in total. The Bertz CT molecular complexity index is 834. The number of rotatable bonds is 7. The Balaban J connectivity index is 1.58. The molecule has 0 spiro atoms. The fourth-order valence-corrected chi connectivity index (χ4v) is 9.29. The van der Waals surface area contributed by atoms with E-state index in [0.29, 0.717) is 41.7 Å². The van der Waals surface area contributed by atoms with Crippen LogP contribution in [0.2, 0.25) is 0 Å². The zero-order valence-electron chi connectivity index (χ0n) is 22.4. The Kier molecular flexibility index (Phi) is 7.24.